The number of nitrogens with zero attached hydrogens (tertiary/aromatic N) is 1. The number of pyridine rings is 1. The van der Waals surface area contributed by atoms with Crippen LogP contribution in [0.1, 0.15) is 22.4 Å². The van der Waals surface area contributed by atoms with Crippen molar-refractivity contribution in [3.05, 3.63) is 69.1 Å². The van der Waals surface area contributed by atoms with Crippen molar-refractivity contribution < 1.29 is 5.11 Å². The molecular formula is C16H18N2O2. The van der Waals surface area contributed by atoms with Gasteiger partial charge in [0, 0.05) is 37.3 Å². The number of aliphatic hydroxyl groups excluding tert-OH is 1. The van der Waals surface area contributed by atoms with Crippen molar-refractivity contribution in [2.24, 2.45) is 0 Å². The molecule has 3 rings (SSSR count). The average molecular weight is 270 g/mol. The molecule has 0 amide bonds. The molecule has 1 aliphatic heterocycles. The molecule has 1 aliphatic rings. The summed E-state index contributed by atoms with van der Waals surface area (Å²) in [6.45, 7) is 2.46. The Hall–Kier alpha value is -1.91. The van der Waals surface area contributed by atoms with E-state index in [1.807, 2.05) is 12.1 Å². The molecule has 2 aromatic rings. The molecule has 1 aromatic carbocycles. The molecule has 0 atom stereocenters. The number of benzene rings is 1. The maximum absolute atomic E-state index is 11.7. The van der Waals surface area contributed by atoms with Crippen molar-refractivity contribution in [1.82, 2.24) is 9.88 Å². The van der Waals surface area contributed by atoms with Crippen LogP contribution in [0.2, 0.25) is 0 Å². The Balaban J connectivity index is 1.79. The highest BCUT2D eigenvalue weighted by molar-refractivity contribution is 5.27. The van der Waals surface area contributed by atoms with Crippen LogP contribution >= 0.6 is 0 Å². The van der Waals surface area contributed by atoms with Crippen molar-refractivity contribution in [3.8, 4) is 0 Å². The van der Waals surface area contributed by atoms with E-state index in [0.29, 0.717) is 5.56 Å². The summed E-state index contributed by atoms with van der Waals surface area (Å²) < 4.78 is 0. The molecule has 0 saturated heterocycles. The number of nitrogens with one attached hydrogen (secondary N) is 1. The summed E-state index contributed by atoms with van der Waals surface area (Å²) in [5.74, 6) is 0. The smallest absolute Gasteiger partial charge is 0.253 e. The van der Waals surface area contributed by atoms with E-state index >= 15 is 0 Å². The van der Waals surface area contributed by atoms with Gasteiger partial charge in [0.05, 0.1) is 6.61 Å². The molecule has 4 heteroatoms. The van der Waals surface area contributed by atoms with Crippen LogP contribution in [0.15, 0.2) is 41.2 Å². The number of aliphatic hydroxyl groups is 1. The minimum atomic E-state index is -0.207. The van der Waals surface area contributed by atoms with Crippen molar-refractivity contribution in [2.45, 2.75) is 26.1 Å². The van der Waals surface area contributed by atoms with Crippen LogP contribution in [0.4, 0.5) is 0 Å². The van der Waals surface area contributed by atoms with Crippen LogP contribution in [-0.2, 0) is 26.1 Å². The minimum Gasteiger partial charge on any atom is -0.391 e. The van der Waals surface area contributed by atoms with Gasteiger partial charge in [0.1, 0.15) is 0 Å². The Labute approximate surface area is 117 Å². The molecular weight excluding hydrogens is 252 g/mol. The highest BCUT2D eigenvalue weighted by Gasteiger charge is 2.18. The van der Waals surface area contributed by atoms with Gasteiger partial charge in [0.2, 0.25) is 0 Å². The molecule has 0 fully saturated rings. The van der Waals surface area contributed by atoms with Crippen LogP contribution in [0.25, 0.3) is 0 Å². The molecule has 0 spiro atoms. The lowest BCUT2D eigenvalue weighted by molar-refractivity contribution is 0.241. The van der Waals surface area contributed by atoms with E-state index in [4.69, 9.17) is 0 Å². The molecule has 2 N–H and O–H groups in total. The number of aromatic nitrogens is 1. The Morgan fingerprint density at radius 3 is 2.80 bits per heavy atom. The number of fused-ring (bicyclic) bond motifs is 1. The summed E-state index contributed by atoms with van der Waals surface area (Å²) in [7, 11) is 0. The summed E-state index contributed by atoms with van der Waals surface area (Å²) in [4.78, 5) is 16.9. The van der Waals surface area contributed by atoms with Crippen LogP contribution < -0.4 is 5.56 Å². The van der Waals surface area contributed by atoms with Crippen LogP contribution in [0, 0.1) is 0 Å². The standard InChI is InChI=1S/C16H18N2O2/c19-11-14-8-13-10-18(7-6-15(13)17-16(14)20)9-12-4-2-1-3-5-12/h1-5,8,19H,6-7,9-11H2,(H,17,20). The summed E-state index contributed by atoms with van der Waals surface area (Å²) in [5.41, 5.74) is 3.71. The van der Waals surface area contributed by atoms with E-state index in [0.717, 1.165) is 37.3 Å². The van der Waals surface area contributed by atoms with E-state index in [1.54, 1.807) is 0 Å². The van der Waals surface area contributed by atoms with E-state index < -0.39 is 0 Å². The second-order valence-corrected chi connectivity index (χ2v) is 5.23. The highest BCUT2D eigenvalue weighted by atomic mass is 16.3. The van der Waals surface area contributed by atoms with E-state index in [-0.39, 0.29) is 12.2 Å². The van der Waals surface area contributed by atoms with Crippen LogP contribution in [0.3, 0.4) is 0 Å². The lowest BCUT2D eigenvalue weighted by Gasteiger charge is -2.28. The Kier molecular flexibility index (Phi) is 3.67. The van der Waals surface area contributed by atoms with Crippen LogP contribution in [-0.4, -0.2) is 21.5 Å². The number of rotatable bonds is 3. The van der Waals surface area contributed by atoms with E-state index in [1.165, 1.54) is 5.56 Å². The lowest BCUT2D eigenvalue weighted by Crippen LogP contribution is -2.32. The summed E-state index contributed by atoms with van der Waals surface area (Å²) in [6, 6.07) is 12.2. The molecule has 1 aromatic heterocycles. The molecule has 0 saturated carbocycles. The SMILES string of the molecule is O=c1[nH]c2c(cc1CO)CN(Cc1ccccc1)CC2. The van der Waals surface area contributed by atoms with Crippen molar-refractivity contribution >= 4 is 0 Å². The molecule has 4 nitrogen and oxygen atoms in total. The number of hydrogen-bond donors (Lipinski definition) is 2. The third kappa shape index (κ3) is 2.66. The molecule has 20 heavy (non-hydrogen) atoms. The van der Waals surface area contributed by atoms with Gasteiger partial charge in [-0.25, -0.2) is 0 Å². The largest absolute Gasteiger partial charge is 0.391 e. The second-order valence-electron chi connectivity index (χ2n) is 5.23. The van der Waals surface area contributed by atoms with Crippen molar-refractivity contribution in [2.75, 3.05) is 6.54 Å². The molecule has 0 radical (unpaired) electrons. The maximum Gasteiger partial charge on any atom is 0.253 e. The first-order chi connectivity index (χ1) is 9.76. The third-order valence-electron chi connectivity index (χ3n) is 3.78. The first-order valence-electron chi connectivity index (χ1n) is 6.87. The number of H-pyrrole nitrogens is 1. The quantitative estimate of drug-likeness (QED) is 0.887. The van der Waals surface area contributed by atoms with Gasteiger partial charge in [0.25, 0.3) is 5.56 Å². The van der Waals surface area contributed by atoms with Gasteiger partial charge in [0.15, 0.2) is 0 Å². The molecule has 104 valence electrons. The maximum atomic E-state index is 11.7. The zero-order valence-corrected chi connectivity index (χ0v) is 11.3. The van der Waals surface area contributed by atoms with Crippen molar-refractivity contribution in [1.29, 1.82) is 0 Å². The number of hydrogen-bond acceptors (Lipinski definition) is 3. The van der Waals surface area contributed by atoms with Crippen LogP contribution in [0.5, 0.6) is 0 Å². The second kappa shape index (κ2) is 5.61. The number of aromatic amines is 1. The monoisotopic (exact) mass is 270 g/mol. The van der Waals surface area contributed by atoms with E-state index in [2.05, 4.69) is 34.1 Å². The van der Waals surface area contributed by atoms with Gasteiger partial charge in [-0.1, -0.05) is 30.3 Å². The van der Waals surface area contributed by atoms with Gasteiger partial charge < -0.3 is 10.1 Å². The Bertz CT molecular complexity index is 649. The fourth-order valence-corrected chi connectivity index (χ4v) is 2.71. The van der Waals surface area contributed by atoms with Gasteiger partial charge in [-0.2, -0.15) is 0 Å². The minimum absolute atomic E-state index is 0.164. The fourth-order valence-electron chi connectivity index (χ4n) is 2.71. The van der Waals surface area contributed by atoms with Gasteiger partial charge in [-0.15, -0.1) is 0 Å². The molecule has 2 heterocycles. The fraction of sp³-hybridized carbons (Fsp3) is 0.312. The van der Waals surface area contributed by atoms with Gasteiger partial charge in [-0.05, 0) is 17.2 Å². The van der Waals surface area contributed by atoms with Gasteiger partial charge >= 0.3 is 0 Å². The third-order valence-corrected chi connectivity index (χ3v) is 3.78. The van der Waals surface area contributed by atoms with Gasteiger partial charge in [-0.3, -0.25) is 9.69 Å². The zero-order valence-electron chi connectivity index (χ0n) is 11.3. The normalized spacial score (nSPS) is 15.1. The molecule has 0 aliphatic carbocycles. The molecule has 0 unspecified atom stereocenters. The summed E-state index contributed by atoms with van der Waals surface area (Å²) in [5, 5.41) is 9.19. The first-order valence-corrected chi connectivity index (χ1v) is 6.87. The topological polar surface area (TPSA) is 56.3 Å². The predicted octanol–water partition coefficient (Wildman–Crippen LogP) is 1.43. The highest BCUT2D eigenvalue weighted by Crippen LogP contribution is 2.18. The predicted molar refractivity (Wildman–Crippen MR) is 77.2 cm³/mol. The lowest BCUT2D eigenvalue weighted by atomic mass is 10.0. The Morgan fingerprint density at radius 1 is 1.25 bits per heavy atom. The Morgan fingerprint density at radius 2 is 2.05 bits per heavy atom. The first kappa shape index (κ1) is 13.1. The van der Waals surface area contributed by atoms with E-state index in [9.17, 15) is 9.90 Å². The molecule has 0 bridgehead atoms. The average Bonchev–Trinajstić information content (AvgIpc) is 2.48. The zero-order chi connectivity index (χ0) is 13.9. The van der Waals surface area contributed by atoms with Crippen molar-refractivity contribution in [3.63, 3.8) is 0 Å². The summed E-state index contributed by atoms with van der Waals surface area (Å²) >= 11 is 0. The summed E-state index contributed by atoms with van der Waals surface area (Å²) in [6.07, 6.45) is 0.850.